The first-order chi connectivity index (χ1) is 65.0. The molecule has 0 bridgehead atoms. The van der Waals surface area contributed by atoms with Crippen LogP contribution in [0.3, 0.4) is 0 Å². The smallest absolute Gasteiger partial charge is 0.252 e. The van der Waals surface area contributed by atoms with Gasteiger partial charge in [0.2, 0.25) is 0 Å². The highest BCUT2D eigenvalue weighted by molar-refractivity contribution is 7.00. The molecule has 2 aromatic heterocycles. The van der Waals surface area contributed by atoms with E-state index in [9.17, 15) is 23.3 Å². The molecular formula is C114H91BN4. The minimum Gasteiger partial charge on any atom is -0.310 e. The lowest BCUT2D eigenvalue weighted by Gasteiger charge is -2.47. The van der Waals surface area contributed by atoms with Gasteiger partial charge in [0.1, 0.15) is 0 Å². The van der Waals surface area contributed by atoms with Gasteiger partial charge in [-0.1, -0.05) is 341 Å². The first-order valence-electron chi connectivity index (χ1n) is 49.1. The van der Waals surface area contributed by atoms with Crippen molar-refractivity contribution >= 4 is 101 Å². The van der Waals surface area contributed by atoms with Gasteiger partial charge in [0.05, 0.1) is 56.7 Å². The zero-order chi connectivity index (χ0) is 95.4. The van der Waals surface area contributed by atoms with Crippen molar-refractivity contribution in [1.29, 1.82) is 0 Å². The second-order valence-corrected chi connectivity index (χ2v) is 34.3. The third-order valence-corrected chi connectivity index (χ3v) is 23.7. The van der Waals surface area contributed by atoms with Crippen LogP contribution in [0, 0.1) is 0 Å². The average molecular weight is 1540 g/mol. The fourth-order valence-corrected chi connectivity index (χ4v) is 17.6. The van der Waals surface area contributed by atoms with E-state index in [0.717, 1.165) is 72.3 Å². The molecule has 5 heteroatoms. The molecule has 0 amide bonds. The van der Waals surface area contributed by atoms with Crippen molar-refractivity contribution in [2.24, 2.45) is 0 Å². The normalized spacial score (nSPS) is 14.7. The van der Waals surface area contributed by atoms with Gasteiger partial charge < -0.3 is 18.9 Å². The molecule has 0 spiro atoms. The summed E-state index contributed by atoms with van der Waals surface area (Å²) in [5.74, 6) is 0. The highest BCUT2D eigenvalue weighted by atomic mass is 15.2. The monoisotopic (exact) mass is 1540 g/mol. The van der Waals surface area contributed by atoms with Crippen LogP contribution in [-0.2, 0) is 16.2 Å². The number of rotatable bonds is 12. The van der Waals surface area contributed by atoms with E-state index in [1.807, 2.05) is 97.1 Å². The van der Waals surface area contributed by atoms with E-state index in [2.05, 4.69) is 206 Å². The van der Waals surface area contributed by atoms with Gasteiger partial charge in [-0.2, -0.15) is 0 Å². The number of hydrogen-bond donors (Lipinski definition) is 0. The molecule has 21 rings (SSSR count). The molecule has 0 saturated heterocycles. The molecule has 4 nitrogen and oxygen atoms in total. The molecule has 2 aliphatic rings. The molecule has 17 aromatic carbocycles. The van der Waals surface area contributed by atoms with Crippen molar-refractivity contribution < 1.29 is 23.3 Å². The summed E-state index contributed by atoms with van der Waals surface area (Å²) >= 11 is 0. The Labute approximate surface area is 722 Å². The van der Waals surface area contributed by atoms with Crippen LogP contribution in [0.2, 0.25) is 0 Å². The molecule has 0 aliphatic carbocycles. The van der Waals surface area contributed by atoms with Gasteiger partial charge in [0, 0.05) is 77.9 Å². The van der Waals surface area contributed by atoms with E-state index in [4.69, 9.17) is 0 Å². The number of aromatic nitrogens is 2. The highest BCUT2D eigenvalue weighted by Gasteiger charge is 2.47. The first kappa shape index (κ1) is 56.3. The zero-order valence-corrected chi connectivity index (χ0v) is 67.5. The quantitative estimate of drug-likeness (QED) is 0.113. The van der Waals surface area contributed by atoms with Crippen LogP contribution < -0.4 is 26.2 Å². The SMILES string of the molecule is [2H]c1c([2H])c(-n2c3c([2H])c([2H])c([2H])c([2H])c3c3c([2H])c(-c4ccccc4)c([2H])c([2H])c32)c([2H])c2c1B1c3ccc(-n4c5c([2H])c([2H])c([2H])c([2H])c5c5c([2H])c(-c6ccccc6)c([2H])c([2H])c54)cc3N(c3c(-c4cccc(-c5ccccc5)c4)cc(C(C)(C)C)cc3-c3cccc(-c4ccccc4)c3)c3cc(C(C)(C)C)cc(c31)N2c1c(-c2ccccc2)cc(C(C)(C)C)cc1-c1ccccc1. The third-order valence-electron chi connectivity index (χ3n) is 23.7. The summed E-state index contributed by atoms with van der Waals surface area (Å²) in [5.41, 5.74) is 15.1. The van der Waals surface area contributed by atoms with E-state index in [-0.39, 0.29) is 101 Å². The molecule has 0 fully saturated rings. The lowest BCUT2D eigenvalue weighted by Crippen LogP contribution is -2.61. The van der Waals surface area contributed by atoms with Gasteiger partial charge in [0.25, 0.3) is 6.71 Å². The highest BCUT2D eigenvalue weighted by Crippen LogP contribution is 2.57. The topological polar surface area (TPSA) is 16.3 Å². The Morgan fingerprint density at radius 1 is 0.244 bits per heavy atom. The Bertz CT molecular complexity index is 8130. The van der Waals surface area contributed by atoms with Crippen molar-refractivity contribution in [3.8, 4) is 100 Å². The standard InChI is InChI=1S/C114H91BN4/c1-112(2,3)86-66-93(78-42-24-14-25-43-78)110(94(67-86)79-44-26-15-27-45-79)118-105-72-89(116-101-52-30-28-50-91(101)97-64-82(54-60-103(97)116)76-38-20-12-21-39-76)56-58-99(105)115-100-59-57-90(117-102-53-31-29-51-92(102)98-65-83(55-61-104(98)117)77-40-22-13-23-41-77)73-106(100)119(108-71-88(114(7,8)9)70-107(118)109(108)115)111-95(84-48-32-46-80(62-84)74-34-16-10-17-35-74)68-87(113(4,5)6)69-96(111)85-49-33-47-81(63-85)75-36-18-11-19-37-75/h10-73H,1-9H3/i28D,29D,30D,31D,50D,51D,52D,53D,54D,55D,56D,58D,60D,61D,64D,65D,72D. The lowest BCUT2D eigenvalue weighted by atomic mass is 9.33. The van der Waals surface area contributed by atoms with Crippen molar-refractivity contribution in [3.63, 3.8) is 0 Å². The number of anilines is 6. The predicted octanol–water partition coefficient (Wildman–Crippen LogP) is 29.2. The molecule has 0 unspecified atom stereocenters. The van der Waals surface area contributed by atoms with E-state index in [1.165, 1.54) is 4.57 Å². The summed E-state index contributed by atoms with van der Waals surface area (Å²) in [6.45, 7) is 18.3. The van der Waals surface area contributed by atoms with Crippen LogP contribution in [0.4, 0.5) is 34.1 Å². The summed E-state index contributed by atoms with van der Waals surface area (Å²) in [6, 6.07) is 85.9. The minimum atomic E-state index is -1.22. The van der Waals surface area contributed by atoms with E-state index in [0.29, 0.717) is 61.6 Å². The van der Waals surface area contributed by atoms with E-state index < -0.39 is 102 Å². The van der Waals surface area contributed by atoms with Crippen LogP contribution >= 0.6 is 0 Å². The fourth-order valence-electron chi connectivity index (χ4n) is 17.6. The lowest BCUT2D eigenvalue weighted by molar-refractivity contribution is 0.590. The summed E-state index contributed by atoms with van der Waals surface area (Å²) in [6.07, 6.45) is 0. The summed E-state index contributed by atoms with van der Waals surface area (Å²) < 4.78 is 178. The predicted molar refractivity (Wildman–Crippen MR) is 509 cm³/mol. The van der Waals surface area contributed by atoms with Crippen LogP contribution in [-0.4, -0.2) is 15.8 Å². The van der Waals surface area contributed by atoms with Gasteiger partial charge in [-0.3, -0.25) is 0 Å². The van der Waals surface area contributed by atoms with Gasteiger partial charge in [-0.25, -0.2) is 0 Å². The van der Waals surface area contributed by atoms with Crippen molar-refractivity contribution in [2.45, 2.75) is 78.6 Å². The van der Waals surface area contributed by atoms with Crippen LogP contribution in [0.5, 0.6) is 0 Å². The molecule has 0 saturated carbocycles. The van der Waals surface area contributed by atoms with Gasteiger partial charge in [-0.05, 0) is 225 Å². The maximum absolute atomic E-state index is 12.1. The Balaban J connectivity index is 1.00. The number of fused-ring (bicyclic) bond motifs is 10. The van der Waals surface area contributed by atoms with E-state index in [1.54, 1.807) is 59.2 Å². The third kappa shape index (κ3) is 12.5. The van der Waals surface area contributed by atoms with Crippen molar-refractivity contribution in [3.05, 3.63) is 405 Å². The minimum absolute atomic E-state index is 0.0170. The molecule has 2 aliphatic heterocycles. The van der Waals surface area contributed by atoms with E-state index >= 15 is 0 Å². The molecule has 570 valence electrons. The molecule has 4 heterocycles. The van der Waals surface area contributed by atoms with Crippen molar-refractivity contribution in [1.82, 2.24) is 9.13 Å². The molecule has 0 N–H and O–H groups in total. The Kier molecular flexibility index (Phi) is 13.5. The molecular weight excluding hydrogens is 1440 g/mol. The Morgan fingerprint density at radius 2 is 0.597 bits per heavy atom. The Morgan fingerprint density at radius 3 is 1.03 bits per heavy atom. The second kappa shape index (κ2) is 28.4. The van der Waals surface area contributed by atoms with Crippen LogP contribution in [0.25, 0.3) is 144 Å². The summed E-state index contributed by atoms with van der Waals surface area (Å²) in [4.78, 5) is 4.38. The molecule has 0 atom stereocenters. The summed E-state index contributed by atoms with van der Waals surface area (Å²) in [7, 11) is 0. The molecule has 119 heavy (non-hydrogen) atoms. The van der Waals surface area contributed by atoms with Gasteiger partial charge in [-0.15, -0.1) is 0 Å². The zero-order valence-electron chi connectivity index (χ0n) is 84.5. The molecule has 0 radical (unpaired) electrons. The van der Waals surface area contributed by atoms with Crippen LogP contribution in [0.15, 0.2) is 388 Å². The largest absolute Gasteiger partial charge is 0.310 e. The fraction of sp³-hybridized carbons (Fsp3) is 0.105. The maximum Gasteiger partial charge on any atom is 0.252 e. The number of para-hydroxylation sites is 2. The number of nitrogens with zero attached hydrogens (tertiary/aromatic N) is 4. The number of hydrogen-bond acceptors (Lipinski definition) is 2. The first-order valence-corrected chi connectivity index (χ1v) is 40.6. The average Bonchev–Trinajstić information content (AvgIpc) is 0.858. The van der Waals surface area contributed by atoms with Gasteiger partial charge in [0.15, 0.2) is 0 Å². The van der Waals surface area contributed by atoms with Gasteiger partial charge >= 0.3 is 0 Å². The van der Waals surface area contributed by atoms with Crippen molar-refractivity contribution in [2.75, 3.05) is 9.80 Å². The maximum atomic E-state index is 12.1. The Hall–Kier alpha value is -14.0. The molecule has 19 aromatic rings. The van der Waals surface area contributed by atoms with Crippen LogP contribution in [0.1, 0.15) is 102 Å². The summed E-state index contributed by atoms with van der Waals surface area (Å²) in [5, 5.41) is -0.332. The second-order valence-electron chi connectivity index (χ2n) is 34.3. The number of benzene rings is 17.